The maximum absolute atomic E-state index is 11.5. The number of carbonyl (C=O) groups is 2. The summed E-state index contributed by atoms with van der Waals surface area (Å²) in [6, 6.07) is -1.32. The molecule has 1 rings (SSSR count). The number of methoxy groups -OCH3 is 1. The van der Waals surface area contributed by atoms with E-state index in [0.717, 1.165) is 25.7 Å². The van der Waals surface area contributed by atoms with Crippen molar-refractivity contribution in [1.29, 1.82) is 0 Å². The molecule has 16 heavy (non-hydrogen) atoms. The van der Waals surface area contributed by atoms with Crippen molar-refractivity contribution < 1.29 is 19.1 Å². The summed E-state index contributed by atoms with van der Waals surface area (Å²) in [7, 11) is 1.19. The molecule has 0 aromatic rings. The minimum atomic E-state index is -1.32. The van der Waals surface area contributed by atoms with E-state index in [0.29, 0.717) is 5.92 Å². The Kier molecular flexibility index (Phi) is 4.73. The molecule has 0 bridgehead atoms. The lowest BCUT2D eigenvalue weighted by molar-refractivity contribution is -0.161. The molecule has 3 atom stereocenters. The van der Waals surface area contributed by atoms with Gasteiger partial charge in [0.2, 0.25) is 6.04 Å². The maximum atomic E-state index is 11.5. The number of hydrogen-bond acceptors (Lipinski definition) is 5. The fraction of sp³-hybridized carbons (Fsp3) is 0.818. The fourth-order valence-corrected chi connectivity index (χ4v) is 1.90. The number of rotatable bonds is 3. The van der Waals surface area contributed by atoms with E-state index in [9.17, 15) is 9.59 Å². The van der Waals surface area contributed by atoms with Crippen LogP contribution in [-0.4, -0.2) is 31.2 Å². The van der Waals surface area contributed by atoms with E-state index in [1.165, 1.54) is 7.11 Å². The van der Waals surface area contributed by atoms with Crippen LogP contribution in [0.3, 0.4) is 0 Å². The van der Waals surface area contributed by atoms with Crippen LogP contribution >= 0.6 is 0 Å². The first-order chi connectivity index (χ1) is 7.56. The summed E-state index contributed by atoms with van der Waals surface area (Å²) in [6.07, 6.45) is 4.00. The van der Waals surface area contributed by atoms with Gasteiger partial charge in [-0.2, -0.15) is 0 Å². The number of ether oxygens (including phenoxy) is 2. The molecule has 1 fully saturated rings. The van der Waals surface area contributed by atoms with E-state index < -0.39 is 18.0 Å². The van der Waals surface area contributed by atoms with E-state index in [2.05, 4.69) is 4.74 Å². The molecule has 2 N–H and O–H groups in total. The summed E-state index contributed by atoms with van der Waals surface area (Å²) in [6.45, 7) is 2.04. The van der Waals surface area contributed by atoms with E-state index in [1.54, 1.807) is 0 Å². The van der Waals surface area contributed by atoms with Gasteiger partial charge in [0.25, 0.3) is 0 Å². The minimum absolute atomic E-state index is 0.114. The molecule has 0 amide bonds. The molecule has 5 heteroatoms. The number of carbonyl (C=O) groups excluding carboxylic acids is 2. The third kappa shape index (κ3) is 3.20. The summed E-state index contributed by atoms with van der Waals surface area (Å²) in [5, 5.41) is 0. The molecule has 0 heterocycles. The summed E-state index contributed by atoms with van der Waals surface area (Å²) >= 11 is 0. The molecular weight excluding hydrogens is 210 g/mol. The monoisotopic (exact) mass is 229 g/mol. The first-order valence-electron chi connectivity index (χ1n) is 5.60. The Hall–Kier alpha value is -1.10. The second-order valence-corrected chi connectivity index (χ2v) is 4.24. The molecule has 0 spiro atoms. The molecule has 92 valence electrons. The van der Waals surface area contributed by atoms with Crippen LogP contribution in [0.5, 0.6) is 0 Å². The van der Waals surface area contributed by atoms with Crippen molar-refractivity contribution in [1.82, 2.24) is 0 Å². The standard InChI is InChI=1S/C11H19NO4/c1-7-5-3-4-6-8(7)16-11(14)9(12)10(13)15-2/h7-9H,3-6,12H2,1-2H3. The van der Waals surface area contributed by atoms with Gasteiger partial charge < -0.3 is 15.2 Å². The highest BCUT2D eigenvalue weighted by Gasteiger charge is 2.30. The van der Waals surface area contributed by atoms with Gasteiger partial charge in [0.1, 0.15) is 6.10 Å². The molecule has 0 aromatic heterocycles. The predicted octanol–water partition coefficient (Wildman–Crippen LogP) is 0.609. The van der Waals surface area contributed by atoms with Crippen molar-refractivity contribution in [3.05, 3.63) is 0 Å². The van der Waals surface area contributed by atoms with Crippen LogP contribution in [0.2, 0.25) is 0 Å². The fourth-order valence-electron chi connectivity index (χ4n) is 1.90. The highest BCUT2D eigenvalue weighted by molar-refractivity contribution is 5.98. The van der Waals surface area contributed by atoms with Gasteiger partial charge in [-0.1, -0.05) is 13.3 Å². The van der Waals surface area contributed by atoms with Gasteiger partial charge >= 0.3 is 11.9 Å². The second kappa shape index (κ2) is 5.84. The van der Waals surface area contributed by atoms with Crippen molar-refractivity contribution in [2.24, 2.45) is 11.7 Å². The van der Waals surface area contributed by atoms with Gasteiger partial charge in [0.15, 0.2) is 0 Å². The quantitative estimate of drug-likeness (QED) is 0.566. The zero-order valence-corrected chi connectivity index (χ0v) is 9.77. The Morgan fingerprint density at radius 2 is 1.88 bits per heavy atom. The van der Waals surface area contributed by atoms with Crippen LogP contribution < -0.4 is 5.73 Å². The molecule has 0 saturated heterocycles. The topological polar surface area (TPSA) is 78.6 Å². The molecule has 5 nitrogen and oxygen atoms in total. The zero-order chi connectivity index (χ0) is 12.1. The van der Waals surface area contributed by atoms with Gasteiger partial charge in [-0.3, -0.25) is 0 Å². The first kappa shape index (κ1) is 13.0. The average molecular weight is 229 g/mol. The van der Waals surface area contributed by atoms with Crippen LogP contribution in [0.15, 0.2) is 0 Å². The Balaban J connectivity index is 2.46. The molecule has 0 radical (unpaired) electrons. The third-order valence-corrected chi connectivity index (χ3v) is 3.01. The second-order valence-electron chi connectivity index (χ2n) is 4.24. The van der Waals surface area contributed by atoms with E-state index in [-0.39, 0.29) is 6.10 Å². The van der Waals surface area contributed by atoms with Crippen molar-refractivity contribution in [3.8, 4) is 0 Å². The lowest BCUT2D eigenvalue weighted by Gasteiger charge is -2.28. The third-order valence-electron chi connectivity index (χ3n) is 3.01. The normalized spacial score (nSPS) is 26.9. The van der Waals surface area contributed by atoms with Crippen molar-refractivity contribution in [2.75, 3.05) is 7.11 Å². The highest BCUT2D eigenvalue weighted by Crippen LogP contribution is 2.26. The first-order valence-corrected chi connectivity index (χ1v) is 5.60. The van der Waals surface area contributed by atoms with E-state index >= 15 is 0 Å². The Bertz CT molecular complexity index is 267. The lowest BCUT2D eigenvalue weighted by Crippen LogP contribution is -2.43. The van der Waals surface area contributed by atoms with Crippen LogP contribution in [0.25, 0.3) is 0 Å². The van der Waals surface area contributed by atoms with Crippen molar-refractivity contribution >= 4 is 11.9 Å². The van der Waals surface area contributed by atoms with E-state index in [1.807, 2.05) is 6.92 Å². The molecule has 1 saturated carbocycles. The smallest absolute Gasteiger partial charge is 0.334 e. The highest BCUT2D eigenvalue weighted by atomic mass is 16.6. The van der Waals surface area contributed by atoms with Crippen LogP contribution in [-0.2, 0) is 19.1 Å². The summed E-state index contributed by atoms with van der Waals surface area (Å²) in [5.74, 6) is -1.11. The molecule has 1 aliphatic rings. The van der Waals surface area contributed by atoms with Gasteiger partial charge in [0.05, 0.1) is 7.11 Å². The number of hydrogen-bond donors (Lipinski definition) is 1. The van der Waals surface area contributed by atoms with Crippen molar-refractivity contribution in [3.63, 3.8) is 0 Å². The minimum Gasteiger partial charge on any atom is -0.467 e. The van der Waals surface area contributed by atoms with Gasteiger partial charge in [-0.15, -0.1) is 0 Å². The number of esters is 2. The summed E-state index contributed by atoms with van der Waals surface area (Å²) in [5.41, 5.74) is 5.38. The molecule has 3 unspecified atom stereocenters. The van der Waals surface area contributed by atoms with Crippen molar-refractivity contribution in [2.45, 2.75) is 44.8 Å². The number of nitrogens with two attached hydrogens (primary N) is 1. The maximum Gasteiger partial charge on any atom is 0.334 e. The van der Waals surface area contributed by atoms with Gasteiger partial charge in [0, 0.05) is 0 Å². The van der Waals surface area contributed by atoms with Crippen LogP contribution in [0.1, 0.15) is 32.6 Å². The summed E-state index contributed by atoms with van der Waals surface area (Å²) in [4.78, 5) is 22.5. The SMILES string of the molecule is COC(=O)C(N)C(=O)OC1CCCCC1C. The average Bonchev–Trinajstić information content (AvgIpc) is 2.30. The Morgan fingerprint density at radius 3 is 2.44 bits per heavy atom. The lowest BCUT2D eigenvalue weighted by atomic mass is 9.88. The van der Waals surface area contributed by atoms with Crippen LogP contribution in [0.4, 0.5) is 0 Å². The predicted molar refractivity (Wildman–Crippen MR) is 57.5 cm³/mol. The largest absolute Gasteiger partial charge is 0.467 e. The molecule has 1 aliphatic carbocycles. The Morgan fingerprint density at radius 1 is 1.25 bits per heavy atom. The van der Waals surface area contributed by atoms with Crippen LogP contribution in [0, 0.1) is 5.92 Å². The molecular formula is C11H19NO4. The molecule has 0 aromatic carbocycles. The van der Waals surface area contributed by atoms with Gasteiger partial charge in [-0.25, -0.2) is 9.59 Å². The zero-order valence-electron chi connectivity index (χ0n) is 9.77. The Labute approximate surface area is 95.3 Å². The molecule has 0 aliphatic heterocycles. The van der Waals surface area contributed by atoms with Gasteiger partial charge in [-0.05, 0) is 25.2 Å². The van der Waals surface area contributed by atoms with E-state index in [4.69, 9.17) is 10.5 Å². The summed E-state index contributed by atoms with van der Waals surface area (Å²) < 4.78 is 9.61.